The summed E-state index contributed by atoms with van der Waals surface area (Å²) in [7, 11) is 0. The lowest BCUT2D eigenvalue weighted by molar-refractivity contribution is -0.130. The van der Waals surface area contributed by atoms with Crippen LogP contribution in [0, 0.1) is 19.8 Å². The highest BCUT2D eigenvalue weighted by Gasteiger charge is 2.22. The summed E-state index contributed by atoms with van der Waals surface area (Å²) in [6.45, 7) is 7.45. The summed E-state index contributed by atoms with van der Waals surface area (Å²) in [6.07, 6.45) is 1.93. The van der Waals surface area contributed by atoms with E-state index in [4.69, 9.17) is 9.47 Å². The number of hydrogen-bond donors (Lipinski definition) is 3. The van der Waals surface area contributed by atoms with Gasteiger partial charge in [0.15, 0.2) is 13.2 Å². The van der Waals surface area contributed by atoms with Crippen LogP contribution in [-0.2, 0) is 14.4 Å². The van der Waals surface area contributed by atoms with Gasteiger partial charge in [-0.25, -0.2) is 5.43 Å². The first-order chi connectivity index (χ1) is 19.2. The maximum absolute atomic E-state index is 12.8. The van der Waals surface area contributed by atoms with Crippen LogP contribution in [0.2, 0.25) is 0 Å². The van der Waals surface area contributed by atoms with Gasteiger partial charge in [0, 0.05) is 5.69 Å². The highest BCUT2D eigenvalue weighted by Crippen LogP contribution is 2.22. The Hall–Kier alpha value is -4.66. The Morgan fingerprint density at radius 1 is 0.825 bits per heavy atom. The first-order valence-corrected chi connectivity index (χ1v) is 13.1. The Balaban J connectivity index is 1.47. The quantitative estimate of drug-likeness (QED) is 0.218. The molecule has 0 aliphatic heterocycles. The SMILES string of the molecule is Cc1cccc(C)c1OCC(=O)N[C@H](CC(C)C)C(=O)N/N=C\c1ccc(OCC(=O)Nc2ccccc2)cc1. The van der Waals surface area contributed by atoms with E-state index in [9.17, 15) is 14.4 Å². The molecule has 0 radical (unpaired) electrons. The van der Waals surface area contributed by atoms with Crippen molar-refractivity contribution < 1.29 is 23.9 Å². The number of nitrogens with zero attached hydrogens (tertiary/aromatic N) is 1. The highest BCUT2D eigenvalue weighted by molar-refractivity contribution is 5.92. The number of nitrogens with one attached hydrogen (secondary N) is 3. The van der Waals surface area contributed by atoms with Crippen LogP contribution in [0.3, 0.4) is 0 Å². The largest absolute Gasteiger partial charge is 0.484 e. The van der Waals surface area contributed by atoms with Crippen LogP contribution in [-0.4, -0.2) is 43.2 Å². The first kappa shape index (κ1) is 29.9. The van der Waals surface area contributed by atoms with Gasteiger partial charge in [-0.15, -0.1) is 0 Å². The molecular formula is C31H36N4O5. The molecule has 210 valence electrons. The number of hydrogen-bond acceptors (Lipinski definition) is 6. The monoisotopic (exact) mass is 544 g/mol. The number of benzene rings is 3. The standard InChI is InChI=1S/C31H36N4O5/c1-21(2)17-27(34-29(37)20-40-30-22(3)9-8-10-23(30)4)31(38)35-32-18-24-13-15-26(16-14-24)39-19-28(36)33-25-11-6-5-7-12-25/h5-16,18,21,27H,17,19-20H2,1-4H3,(H,33,36)(H,34,37)(H,35,38)/b32-18-/t27-/m1/s1. The summed E-state index contributed by atoms with van der Waals surface area (Å²) in [5.74, 6) is 0.280. The van der Waals surface area contributed by atoms with Gasteiger partial charge in [0.25, 0.3) is 17.7 Å². The van der Waals surface area contributed by atoms with Gasteiger partial charge in [-0.2, -0.15) is 5.10 Å². The number of carbonyl (C=O) groups excluding carboxylic acids is 3. The van der Waals surface area contributed by atoms with Gasteiger partial charge in [-0.3, -0.25) is 14.4 Å². The Morgan fingerprint density at radius 2 is 1.48 bits per heavy atom. The number of rotatable bonds is 13. The molecule has 40 heavy (non-hydrogen) atoms. The van der Waals surface area contributed by atoms with Crippen molar-refractivity contribution in [2.75, 3.05) is 18.5 Å². The summed E-state index contributed by atoms with van der Waals surface area (Å²) in [5, 5.41) is 9.54. The lowest BCUT2D eigenvalue weighted by Gasteiger charge is -2.19. The number of ether oxygens (including phenoxy) is 2. The smallest absolute Gasteiger partial charge is 0.262 e. The number of carbonyl (C=O) groups is 3. The molecule has 3 N–H and O–H groups in total. The minimum absolute atomic E-state index is 0.128. The number of anilines is 1. The lowest BCUT2D eigenvalue weighted by Crippen LogP contribution is -2.47. The molecule has 0 heterocycles. The van der Waals surface area contributed by atoms with Gasteiger partial charge >= 0.3 is 0 Å². The second kappa shape index (κ2) is 15.1. The van der Waals surface area contributed by atoms with Gasteiger partial charge in [-0.1, -0.05) is 50.2 Å². The van der Waals surface area contributed by atoms with Crippen molar-refractivity contribution in [3.05, 3.63) is 89.5 Å². The van der Waals surface area contributed by atoms with E-state index in [2.05, 4.69) is 21.2 Å². The van der Waals surface area contributed by atoms with Gasteiger partial charge in [0.1, 0.15) is 17.5 Å². The molecular weight excluding hydrogens is 508 g/mol. The van der Waals surface area contributed by atoms with E-state index in [1.807, 2.05) is 64.1 Å². The van der Waals surface area contributed by atoms with Crippen molar-refractivity contribution in [2.45, 2.75) is 40.2 Å². The molecule has 0 aliphatic carbocycles. The molecule has 0 saturated carbocycles. The average molecular weight is 545 g/mol. The van der Waals surface area contributed by atoms with Crippen molar-refractivity contribution in [1.82, 2.24) is 10.7 Å². The number of aryl methyl sites for hydroxylation is 2. The molecule has 9 nitrogen and oxygen atoms in total. The summed E-state index contributed by atoms with van der Waals surface area (Å²) in [4.78, 5) is 37.4. The maximum atomic E-state index is 12.8. The summed E-state index contributed by atoms with van der Waals surface area (Å²) in [6, 6.07) is 21.0. The zero-order valence-electron chi connectivity index (χ0n) is 23.3. The van der Waals surface area contributed by atoms with Crippen LogP contribution in [0.25, 0.3) is 0 Å². The van der Waals surface area contributed by atoms with Crippen molar-refractivity contribution >= 4 is 29.6 Å². The molecule has 0 bridgehead atoms. The predicted octanol–water partition coefficient (Wildman–Crippen LogP) is 4.38. The summed E-state index contributed by atoms with van der Waals surface area (Å²) >= 11 is 0. The van der Waals surface area contributed by atoms with Gasteiger partial charge in [0.2, 0.25) is 0 Å². The molecule has 0 aliphatic rings. The van der Waals surface area contributed by atoms with E-state index in [1.54, 1.807) is 36.4 Å². The molecule has 0 unspecified atom stereocenters. The molecule has 0 saturated heterocycles. The average Bonchev–Trinajstić information content (AvgIpc) is 2.92. The topological polar surface area (TPSA) is 118 Å². The fourth-order valence-corrected chi connectivity index (χ4v) is 3.87. The minimum atomic E-state index is -0.760. The molecule has 9 heteroatoms. The van der Waals surface area contributed by atoms with Gasteiger partial charge < -0.3 is 20.1 Å². The van der Waals surface area contributed by atoms with Crippen LogP contribution in [0.5, 0.6) is 11.5 Å². The third kappa shape index (κ3) is 9.90. The fourth-order valence-electron chi connectivity index (χ4n) is 3.87. The van der Waals surface area contributed by atoms with Crippen molar-refractivity contribution in [1.29, 1.82) is 0 Å². The second-order valence-corrected chi connectivity index (χ2v) is 9.77. The Labute approximate surface area is 235 Å². The highest BCUT2D eigenvalue weighted by atomic mass is 16.5. The third-order valence-electron chi connectivity index (χ3n) is 5.81. The zero-order valence-corrected chi connectivity index (χ0v) is 23.3. The summed E-state index contributed by atoms with van der Waals surface area (Å²) in [5.41, 5.74) is 5.79. The van der Waals surface area contributed by atoms with Crippen molar-refractivity contribution in [2.24, 2.45) is 11.0 Å². The van der Waals surface area contributed by atoms with Gasteiger partial charge in [-0.05, 0) is 79.3 Å². The minimum Gasteiger partial charge on any atom is -0.484 e. The number of para-hydroxylation sites is 2. The second-order valence-electron chi connectivity index (χ2n) is 9.77. The van der Waals surface area contributed by atoms with Crippen LogP contribution in [0.1, 0.15) is 37.0 Å². The van der Waals surface area contributed by atoms with Crippen LogP contribution in [0.4, 0.5) is 5.69 Å². The van der Waals surface area contributed by atoms with E-state index in [-0.39, 0.29) is 30.9 Å². The third-order valence-corrected chi connectivity index (χ3v) is 5.81. The predicted molar refractivity (Wildman–Crippen MR) is 156 cm³/mol. The summed E-state index contributed by atoms with van der Waals surface area (Å²) < 4.78 is 11.2. The van der Waals surface area contributed by atoms with Gasteiger partial charge in [0.05, 0.1) is 6.21 Å². The van der Waals surface area contributed by atoms with Crippen molar-refractivity contribution in [3.8, 4) is 11.5 Å². The molecule has 3 amide bonds. The number of amides is 3. The van der Waals surface area contributed by atoms with Crippen LogP contribution < -0.4 is 25.5 Å². The normalized spacial score (nSPS) is 11.6. The molecule has 0 fully saturated rings. The van der Waals surface area contributed by atoms with E-state index < -0.39 is 11.9 Å². The molecule has 1 atom stereocenters. The van der Waals surface area contributed by atoms with E-state index in [0.29, 0.717) is 29.2 Å². The molecule has 3 rings (SSSR count). The maximum Gasteiger partial charge on any atom is 0.262 e. The van der Waals surface area contributed by atoms with E-state index in [1.165, 1.54) is 6.21 Å². The van der Waals surface area contributed by atoms with Crippen molar-refractivity contribution in [3.63, 3.8) is 0 Å². The Morgan fingerprint density at radius 3 is 2.12 bits per heavy atom. The van der Waals surface area contributed by atoms with E-state index >= 15 is 0 Å². The first-order valence-electron chi connectivity index (χ1n) is 13.1. The Bertz CT molecular complexity index is 1290. The van der Waals surface area contributed by atoms with Crippen LogP contribution in [0.15, 0.2) is 77.9 Å². The van der Waals surface area contributed by atoms with E-state index in [0.717, 1.165) is 11.1 Å². The molecule has 0 aromatic heterocycles. The number of hydrazone groups is 1. The van der Waals surface area contributed by atoms with Crippen LogP contribution >= 0.6 is 0 Å². The molecule has 3 aromatic rings. The lowest BCUT2D eigenvalue weighted by atomic mass is 10.0. The fraction of sp³-hybridized carbons (Fsp3) is 0.290. The molecule has 0 spiro atoms. The Kier molecular flexibility index (Phi) is 11.3. The molecule has 3 aromatic carbocycles. The zero-order chi connectivity index (χ0) is 28.9.